The van der Waals surface area contributed by atoms with Gasteiger partial charge >= 0.3 is 6.09 Å². The molecule has 188 valence electrons. The highest BCUT2D eigenvalue weighted by atomic mass is 16.6. The monoisotopic (exact) mass is 492 g/mol. The van der Waals surface area contributed by atoms with Crippen molar-refractivity contribution in [1.82, 2.24) is 19.7 Å². The lowest BCUT2D eigenvalue weighted by Gasteiger charge is -2.34. The molecule has 1 saturated heterocycles. The molecule has 1 N–H and O–H groups in total. The second-order valence-electron chi connectivity index (χ2n) is 9.54. The Kier molecular flexibility index (Phi) is 7.00. The molecule has 2 aromatic heterocycles. The predicted octanol–water partition coefficient (Wildman–Crippen LogP) is 4.54. The third-order valence-electron chi connectivity index (χ3n) is 5.80. The van der Waals surface area contributed by atoms with Gasteiger partial charge < -0.3 is 15.0 Å². The van der Waals surface area contributed by atoms with Crippen LogP contribution in [0.4, 0.5) is 16.3 Å². The number of amides is 2. The van der Waals surface area contributed by atoms with Gasteiger partial charge in [0.15, 0.2) is 0 Å². The quantitative estimate of drug-likeness (QED) is 0.408. The number of aromatic nitrogens is 3. The Morgan fingerprint density at radius 1 is 1.11 bits per heavy atom. The van der Waals surface area contributed by atoms with Gasteiger partial charge in [0, 0.05) is 37.3 Å². The Labute approximate surface area is 208 Å². The summed E-state index contributed by atoms with van der Waals surface area (Å²) in [7, 11) is 0. The highest BCUT2D eigenvalue weighted by Crippen LogP contribution is 2.33. The van der Waals surface area contributed by atoms with E-state index in [0.29, 0.717) is 48.7 Å². The largest absolute Gasteiger partial charge is 0.444 e. The van der Waals surface area contributed by atoms with E-state index in [1.54, 1.807) is 46.1 Å². The molecule has 11 heteroatoms. The van der Waals surface area contributed by atoms with E-state index in [4.69, 9.17) is 4.74 Å². The third kappa shape index (κ3) is 5.68. The van der Waals surface area contributed by atoms with Crippen LogP contribution >= 0.6 is 0 Å². The van der Waals surface area contributed by atoms with E-state index < -0.39 is 10.5 Å². The zero-order valence-electron chi connectivity index (χ0n) is 20.4. The van der Waals surface area contributed by atoms with Crippen molar-refractivity contribution < 1.29 is 19.2 Å². The molecule has 0 spiro atoms. The lowest BCUT2D eigenvalue weighted by atomic mass is 9.91. The van der Waals surface area contributed by atoms with Crippen molar-refractivity contribution in [1.29, 1.82) is 0 Å². The smallest absolute Gasteiger partial charge is 0.410 e. The number of nitro groups is 1. The van der Waals surface area contributed by atoms with E-state index in [1.165, 1.54) is 18.3 Å². The van der Waals surface area contributed by atoms with Crippen LogP contribution in [-0.4, -0.2) is 55.3 Å². The molecule has 0 saturated carbocycles. The van der Waals surface area contributed by atoms with Crippen LogP contribution in [-0.2, 0) is 4.74 Å². The highest BCUT2D eigenvalue weighted by molar-refractivity contribution is 6.04. The first-order valence-electron chi connectivity index (χ1n) is 11.7. The van der Waals surface area contributed by atoms with Gasteiger partial charge in [-0.3, -0.25) is 14.9 Å². The van der Waals surface area contributed by atoms with Crippen LogP contribution in [0.1, 0.15) is 55.6 Å². The van der Waals surface area contributed by atoms with Crippen molar-refractivity contribution in [3.63, 3.8) is 0 Å². The number of hydrogen-bond acceptors (Lipinski definition) is 7. The van der Waals surface area contributed by atoms with Crippen molar-refractivity contribution in [2.45, 2.75) is 45.1 Å². The zero-order chi connectivity index (χ0) is 25.9. The first kappa shape index (κ1) is 24.8. The van der Waals surface area contributed by atoms with Crippen LogP contribution in [0.25, 0.3) is 5.69 Å². The second kappa shape index (κ2) is 10.1. The molecule has 0 aliphatic carbocycles. The van der Waals surface area contributed by atoms with E-state index >= 15 is 0 Å². The molecule has 2 amide bonds. The second-order valence-corrected chi connectivity index (χ2v) is 9.54. The molecule has 0 radical (unpaired) electrons. The van der Waals surface area contributed by atoms with E-state index in [0.717, 1.165) is 0 Å². The van der Waals surface area contributed by atoms with E-state index in [1.807, 2.05) is 20.8 Å². The SMILES string of the molecule is CC(C)(C)OC(=O)N1CCC(c2c(C(=O)Nc3ccccn3)cnn2-c2ccc([N+](=O)[O-])cc2)CC1. The maximum Gasteiger partial charge on any atom is 0.410 e. The average molecular weight is 493 g/mol. The molecule has 4 rings (SSSR count). The van der Waals surface area contributed by atoms with Crippen molar-refractivity contribution in [2.24, 2.45) is 0 Å². The maximum absolute atomic E-state index is 13.2. The Bertz CT molecular complexity index is 1240. The Balaban J connectivity index is 1.62. The lowest BCUT2D eigenvalue weighted by molar-refractivity contribution is -0.384. The van der Waals surface area contributed by atoms with Gasteiger partial charge in [0.25, 0.3) is 11.6 Å². The van der Waals surface area contributed by atoms with Crippen molar-refractivity contribution in [3.05, 3.63) is 76.2 Å². The fourth-order valence-corrected chi connectivity index (χ4v) is 4.13. The number of nitrogens with one attached hydrogen (secondary N) is 1. The first-order valence-corrected chi connectivity index (χ1v) is 11.7. The zero-order valence-corrected chi connectivity index (χ0v) is 20.4. The first-order chi connectivity index (χ1) is 17.1. The minimum Gasteiger partial charge on any atom is -0.444 e. The Morgan fingerprint density at radius 2 is 1.81 bits per heavy atom. The molecule has 1 aliphatic heterocycles. The normalized spacial score (nSPS) is 14.4. The molecule has 1 aliphatic rings. The molecule has 0 unspecified atom stereocenters. The Morgan fingerprint density at radius 3 is 2.39 bits per heavy atom. The third-order valence-corrected chi connectivity index (χ3v) is 5.80. The minimum absolute atomic E-state index is 0.0359. The van der Waals surface area contributed by atoms with Crippen LogP contribution in [0.3, 0.4) is 0 Å². The van der Waals surface area contributed by atoms with Gasteiger partial charge in [0.2, 0.25) is 0 Å². The molecule has 0 atom stereocenters. The van der Waals surface area contributed by atoms with Gasteiger partial charge in [-0.05, 0) is 57.9 Å². The summed E-state index contributed by atoms with van der Waals surface area (Å²) in [4.78, 5) is 42.2. The number of ether oxygens (including phenoxy) is 1. The number of hydrogen-bond donors (Lipinski definition) is 1. The summed E-state index contributed by atoms with van der Waals surface area (Å²) in [6.45, 7) is 6.41. The van der Waals surface area contributed by atoms with Crippen LogP contribution in [0, 0.1) is 10.1 Å². The summed E-state index contributed by atoms with van der Waals surface area (Å²) < 4.78 is 7.14. The number of nitro benzene ring substituents is 1. The lowest BCUT2D eigenvalue weighted by Crippen LogP contribution is -2.41. The molecule has 1 fully saturated rings. The molecule has 3 heterocycles. The van der Waals surface area contributed by atoms with Crippen LogP contribution in [0.5, 0.6) is 0 Å². The summed E-state index contributed by atoms with van der Waals surface area (Å²) >= 11 is 0. The van der Waals surface area contributed by atoms with E-state index in [-0.39, 0.29) is 23.6 Å². The van der Waals surface area contributed by atoms with Gasteiger partial charge in [-0.1, -0.05) is 6.07 Å². The number of likely N-dealkylation sites (tertiary alicyclic amines) is 1. The van der Waals surface area contributed by atoms with Crippen LogP contribution < -0.4 is 5.32 Å². The minimum atomic E-state index is -0.584. The molecule has 1 aromatic carbocycles. The van der Waals surface area contributed by atoms with Crippen LogP contribution in [0.2, 0.25) is 0 Å². The van der Waals surface area contributed by atoms with Crippen molar-refractivity contribution in [3.8, 4) is 5.69 Å². The average Bonchev–Trinajstić information content (AvgIpc) is 3.29. The molecular weight excluding hydrogens is 464 g/mol. The molecule has 36 heavy (non-hydrogen) atoms. The van der Waals surface area contributed by atoms with Gasteiger partial charge in [0.05, 0.1) is 28.1 Å². The van der Waals surface area contributed by atoms with E-state index in [2.05, 4.69) is 15.4 Å². The fraction of sp³-hybridized carbons (Fsp3) is 0.360. The summed E-state index contributed by atoms with van der Waals surface area (Å²) in [6.07, 6.45) is 3.92. The van der Waals surface area contributed by atoms with Gasteiger partial charge in [-0.2, -0.15) is 5.10 Å². The van der Waals surface area contributed by atoms with Gasteiger partial charge in [0.1, 0.15) is 11.4 Å². The van der Waals surface area contributed by atoms with E-state index in [9.17, 15) is 19.7 Å². The molecular formula is C25H28N6O5. The number of pyridine rings is 1. The number of carbonyl (C=O) groups excluding carboxylic acids is 2. The summed E-state index contributed by atoms with van der Waals surface area (Å²) in [5.74, 6) is -0.0198. The number of rotatable bonds is 5. The van der Waals surface area contributed by atoms with Gasteiger partial charge in [-0.25, -0.2) is 14.5 Å². The molecule has 3 aromatic rings. The van der Waals surface area contributed by atoms with Crippen molar-refractivity contribution >= 4 is 23.5 Å². The predicted molar refractivity (Wildman–Crippen MR) is 132 cm³/mol. The topological polar surface area (TPSA) is 132 Å². The maximum atomic E-state index is 13.2. The highest BCUT2D eigenvalue weighted by Gasteiger charge is 2.32. The van der Waals surface area contributed by atoms with Gasteiger partial charge in [-0.15, -0.1) is 0 Å². The van der Waals surface area contributed by atoms with Crippen LogP contribution in [0.15, 0.2) is 54.9 Å². The Hall–Kier alpha value is -4.28. The number of nitrogens with zero attached hydrogens (tertiary/aromatic N) is 5. The molecule has 0 bridgehead atoms. The standard InChI is InChI=1S/C25H28N6O5/c1-25(2,3)36-24(33)29-14-11-17(12-15-29)22-20(23(32)28-21-6-4-5-13-26-21)16-27-30(22)18-7-9-19(10-8-18)31(34)35/h4-10,13,16-17H,11-12,14-15H2,1-3H3,(H,26,28,32). The van der Waals surface area contributed by atoms with Crippen molar-refractivity contribution in [2.75, 3.05) is 18.4 Å². The number of benzene rings is 1. The molecule has 11 nitrogen and oxygen atoms in total. The fourth-order valence-electron chi connectivity index (χ4n) is 4.13. The number of carbonyl (C=O) groups is 2. The summed E-state index contributed by atoms with van der Waals surface area (Å²) in [5, 5.41) is 18.3. The summed E-state index contributed by atoms with van der Waals surface area (Å²) in [6, 6.07) is 11.2. The number of non-ortho nitro benzene ring substituents is 1. The summed E-state index contributed by atoms with van der Waals surface area (Å²) in [5.41, 5.74) is 1.04. The number of anilines is 1. The number of piperidine rings is 1.